The summed E-state index contributed by atoms with van der Waals surface area (Å²) in [4.78, 5) is 12.1. The Bertz CT molecular complexity index is 544. The molecule has 0 aliphatic rings. The molecule has 0 saturated carbocycles. The molecule has 7 heteroatoms. The standard InChI is InChI=1S/C12H16BrNO4S/c1-18-8-10(7-13)14-12(15)9-4-3-5-11(6-9)19(2,16)17/h3-6,10H,7-8H2,1-2H3,(H,14,15). The molecule has 1 atom stereocenters. The van der Waals surface area contributed by atoms with E-state index >= 15 is 0 Å². The van der Waals surface area contributed by atoms with Gasteiger partial charge in [0.05, 0.1) is 17.5 Å². The van der Waals surface area contributed by atoms with E-state index in [4.69, 9.17) is 4.74 Å². The fourth-order valence-electron chi connectivity index (χ4n) is 1.46. The second-order valence-electron chi connectivity index (χ2n) is 4.08. The number of ether oxygens (including phenoxy) is 1. The maximum atomic E-state index is 12.0. The van der Waals surface area contributed by atoms with Gasteiger partial charge in [-0.15, -0.1) is 0 Å². The van der Waals surface area contributed by atoms with E-state index in [0.717, 1.165) is 6.26 Å². The number of nitrogens with one attached hydrogen (secondary N) is 1. The average Bonchev–Trinajstić information content (AvgIpc) is 2.37. The van der Waals surface area contributed by atoms with Crippen LogP contribution >= 0.6 is 15.9 Å². The minimum atomic E-state index is -3.32. The van der Waals surface area contributed by atoms with Crippen LogP contribution in [0.4, 0.5) is 0 Å². The molecule has 0 aromatic heterocycles. The molecule has 0 spiro atoms. The monoisotopic (exact) mass is 349 g/mol. The predicted molar refractivity (Wildman–Crippen MR) is 76.5 cm³/mol. The molecule has 1 aromatic rings. The summed E-state index contributed by atoms with van der Waals surface area (Å²) < 4.78 is 27.8. The summed E-state index contributed by atoms with van der Waals surface area (Å²) in [5.41, 5.74) is 0.310. The van der Waals surface area contributed by atoms with E-state index in [2.05, 4.69) is 21.2 Å². The van der Waals surface area contributed by atoms with Gasteiger partial charge in [0, 0.05) is 24.3 Å². The Morgan fingerprint density at radius 2 is 2.16 bits per heavy atom. The lowest BCUT2D eigenvalue weighted by atomic mass is 10.2. The van der Waals surface area contributed by atoms with Crippen molar-refractivity contribution < 1.29 is 17.9 Å². The quantitative estimate of drug-likeness (QED) is 0.784. The topological polar surface area (TPSA) is 72.5 Å². The van der Waals surface area contributed by atoms with Crippen molar-refractivity contribution in [2.75, 3.05) is 25.3 Å². The number of hydrogen-bond donors (Lipinski definition) is 1. The largest absolute Gasteiger partial charge is 0.383 e. The maximum Gasteiger partial charge on any atom is 0.251 e. The number of halogens is 1. The van der Waals surface area contributed by atoms with E-state index < -0.39 is 9.84 Å². The van der Waals surface area contributed by atoms with Crippen molar-refractivity contribution in [2.24, 2.45) is 0 Å². The molecule has 0 bridgehead atoms. The van der Waals surface area contributed by atoms with Crippen molar-refractivity contribution in [3.05, 3.63) is 29.8 Å². The molecule has 19 heavy (non-hydrogen) atoms. The Kier molecular flexibility index (Phi) is 5.96. The van der Waals surface area contributed by atoms with Gasteiger partial charge >= 0.3 is 0 Å². The summed E-state index contributed by atoms with van der Waals surface area (Å²) >= 11 is 3.27. The third-order valence-corrected chi connectivity index (χ3v) is 4.31. The van der Waals surface area contributed by atoms with Crippen LogP contribution in [-0.4, -0.2) is 45.7 Å². The number of amides is 1. The van der Waals surface area contributed by atoms with E-state index in [1.807, 2.05) is 0 Å². The van der Waals surface area contributed by atoms with Crippen LogP contribution in [0.25, 0.3) is 0 Å². The fourth-order valence-corrected chi connectivity index (χ4v) is 2.48. The van der Waals surface area contributed by atoms with Gasteiger partial charge in [-0.05, 0) is 18.2 Å². The summed E-state index contributed by atoms with van der Waals surface area (Å²) in [6.07, 6.45) is 1.11. The summed E-state index contributed by atoms with van der Waals surface area (Å²) in [7, 11) is -1.77. The molecule has 0 radical (unpaired) electrons. The number of carbonyl (C=O) groups excluding carboxylic acids is 1. The van der Waals surface area contributed by atoms with Crippen LogP contribution in [0.2, 0.25) is 0 Å². The van der Waals surface area contributed by atoms with Crippen LogP contribution in [0.15, 0.2) is 29.2 Å². The lowest BCUT2D eigenvalue weighted by Crippen LogP contribution is -2.39. The Hall–Kier alpha value is -0.920. The minimum Gasteiger partial charge on any atom is -0.383 e. The second kappa shape index (κ2) is 7.02. The molecule has 1 unspecified atom stereocenters. The van der Waals surface area contributed by atoms with Crippen LogP contribution in [0.3, 0.4) is 0 Å². The zero-order valence-corrected chi connectivity index (χ0v) is 13.1. The van der Waals surface area contributed by atoms with Gasteiger partial charge in [0.25, 0.3) is 5.91 Å². The zero-order chi connectivity index (χ0) is 14.5. The molecule has 0 aliphatic carbocycles. The first-order valence-electron chi connectivity index (χ1n) is 5.54. The smallest absolute Gasteiger partial charge is 0.251 e. The molecule has 0 saturated heterocycles. The average molecular weight is 350 g/mol. The molecule has 1 N–H and O–H groups in total. The number of carbonyl (C=O) groups is 1. The second-order valence-corrected chi connectivity index (χ2v) is 6.74. The lowest BCUT2D eigenvalue weighted by Gasteiger charge is -2.15. The molecule has 5 nitrogen and oxygen atoms in total. The van der Waals surface area contributed by atoms with E-state index in [0.29, 0.717) is 17.5 Å². The summed E-state index contributed by atoms with van der Waals surface area (Å²) in [6.45, 7) is 0.378. The van der Waals surface area contributed by atoms with Crippen LogP contribution in [0, 0.1) is 0 Å². The highest BCUT2D eigenvalue weighted by Crippen LogP contribution is 2.11. The van der Waals surface area contributed by atoms with Gasteiger partial charge in [0.1, 0.15) is 0 Å². The number of rotatable bonds is 6. The van der Waals surface area contributed by atoms with Gasteiger partial charge in [-0.3, -0.25) is 4.79 Å². The van der Waals surface area contributed by atoms with Crippen LogP contribution in [0.5, 0.6) is 0 Å². The van der Waals surface area contributed by atoms with Gasteiger partial charge in [-0.1, -0.05) is 22.0 Å². The van der Waals surface area contributed by atoms with Crippen LogP contribution in [0.1, 0.15) is 10.4 Å². The highest BCUT2D eigenvalue weighted by atomic mass is 79.9. The Labute approximate surface area is 121 Å². The first-order valence-corrected chi connectivity index (χ1v) is 8.55. The Morgan fingerprint density at radius 3 is 2.68 bits per heavy atom. The third kappa shape index (κ3) is 4.93. The van der Waals surface area contributed by atoms with Crippen LogP contribution in [-0.2, 0) is 14.6 Å². The molecule has 1 amide bonds. The minimum absolute atomic E-state index is 0.127. The first kappa shape index (κ1) is 16.1. The van der Waals surface area contributed by atoms with Crippen molar-refractivity contribution in [1.29, 1.82) is 0 Å². The normalized spacial score (nSPS) is 13.0. The Morgan fingerprint density at radius 1 is 1.47 bits per heavy atom. The van der Waals surface area contributed by atoms with Crippen molar-refractivity contribution in [2.45, 2.75) is 10.9 Å². The van der Waals surface area contributed by atoms with Crippen LogP contribution < -0.4 is 5.32 Å². The van der Waals surface area contributed by atoms with E-state index in [-0.39, 0.29) is 16.8 Å². The first-order chi connectivity index (χ1) is 8.88. The number of sulfone groups is 1. The van der Waals surface area contributed by atoms with Gasteiger partial charge < -0.3 is 10.1 Å². The summed E-state index contributed by atoms with van der Waals surface area (Å²) in [5.74, 6) is -0.327. The zero-order valence-electron chi connectivity index (χ0n) is 10.7. The molecular weight excluding hydrogens is 334 g/mol. The van der Waals surface area contributed by atoms with Crippen molar-refractivity contribution in [3.63, 3.8) is 0 Å². The third-order valence-electron chi connectivity index (χ3n) is 2.41. The molecular formula is C12H16BrNO4S. The number of methoxy groups -OCH3 is 1. The highest BCUT2D eigenvalue weighted by Gasteiger charge is 2.15. The van der Waals surface area contributed by atoms with Gasteiger partial charge in [-0.2, -0.15) is 0 Å². The van der Waals surface area contributed by atoms with Gasteiger partial charge in [0.2, 0.25) is 0 Å². The van der Waals surface area contributed by atoms with Crippen molar-refractivity contribution in [1.82, 2.24) is 5.32 Å². The number of alkyl halides is 1. The van der Waals surface area contributed by atoms with Gasteiger partial charge in [-0.25, -0.2) is 8.42 Å². The van der Waals surface area contributed by atoms with E-state index in [1.165, 1.54) is 12.1 Å². The SMILES string of the molecule is COCC(CBr)NC(=O)c1cccc(S(C)(=O)=O)c1. The predicted octanol–water partition coefficient (Wildman–Crippen LogP) is 1.23. The van der Waals surface area contributed by atoms with E-state index in [1.54, 1.807) is 19.2 Å². The van der Waals surface area contributed by atoms with E-state index in [9.17, 15) is 13.2 Å². The molecule has 0 heterocycles. The lowest BCUT2D eigenvalue weighted by molar-refractivity contribution is 0.0907. The van der Waals surface area contributed by atoms with Crippen molar-refractivity contribution in [3.8, 4) is 0 Å². The molecule has 1 aromatic carbocycles. The molecule has 0 aliphatic heterocycles. The molecule has 0 fully saturated rings. The maximum absolute atomic E-state index is 12.0. The summed E-state index contributed by atoms with van der Waals surface area (Å²) in [6, 6.07) is 5.78. The van der Waals surface area contributed by atoms with Crippen molar-refractivity contribution >= 4 is 31.7 Å². The highest BCUT2D eigenvalue weighted by molar-refractivity contribution is 9.09. The molecule has 1 rings (SSSR count). The summed E-state index contributed by atoms with van der Waals surface area (Å²) in [5, 5.41) is 3.31. The number of hydrogen-bond acceptors (Lipinski definition) is 4. The molecule has 106 valence electrons. The Balaban J connectivity index is 2.88. The number of benzene rings is 1. The fraction of sp³-hybridized carbons (Fsp3) is 0.417. The van der Waals surface area contributed by atoms with Gasteiger partial charge in [0.15, 0.2) is 9.84 Å².